The first-order valence-corrected chi connectivity index (χ1v) is 17.1. The summed E-state index contributed by atoms with van der Waals surface area (Å²) in [7, 11) is 0. The third-order valence-electron chi connectivity index (χ3n) is 10.1. The van der Waals surface area contributed by atoms with Gasteiger partial charge in [-0.05, 0) is 89.5 Å². The zero-order valence-corrected chi connectivity index (χ0v) is 27.3. The third-order valence-corrected chi connectivity index (χ3v) is 10.1. The van der Waals surface area contributed by atoms with Gasteiger partial charge in [0, 0.05) is 57.4 Å². The van der Waals surface area contributed by atoms with Gasteiger partial charge in [0.25, 0.3) is 0 Å². The van der Waals surface area contributed by atoms with Crippen LogP contribution < -0.4 is 4.90 Å². The Morgan fingerprint density at radius 1 is 0.540 bits per heavy atom. The van der Waals surface area contributed by atoms with E-state index in [2.05, 4.69) is 143 Å². The van der Waals surface area contributed by atoms with Crippen LogP contribution in [-0.4, -0.2) is 27.1 Å². The van der Waals surface area contributed by atoms with E-state index in [0.29, 0.717) is 0 Å². The number of pyridine rings is 2. The highest BCUT2D eigenvalue weighted by Crippen LogP contribution is 2.51. The predicted octanol–water partition coefficient (Wildman–Crippen LogP) is 11.1. The number of para-hydroxylation sites is 2. The highest BCUT2D eigenvalue weighted by molar-refractivity contribution is 6.10. The van der Waals surface area contributed by atoms with E-state index in [-0.39, 0.29) is 12.1 Å². The topological polar surface area (TPSA) is 48.1 Å². The molecular weight excluding hydrogens is 611 g/mol. The van der Waals surface area contributed by atoms with Gasteiger partial charge in [-0.25, -0.2) is 0 Å². The lowest BCUT2D eigenvalue weighted by atomic mass is 9.97. The Labute approximate surface area is 290 Å². The molecule has 0 saturated carbocycles. The molecular formula is C45H32N5-. The van der Waals surface area contributed by atoms with Gasteiger partial charge in [-0.2, -0.15) is 0 Å². The summed E-state index contributed by atoms with van der Waals surface area (Å²) in [6.45, 7) is 0.726. The molecule has 2 unspecified atom stereocenters. The van der Waals surface area contributed by atoms with Crippen LogP contribution in [0.5, 0.6) is 0 Å². The Balaban J connectivity index is 1.15. The molecule has 0 N–H and O–H groups in total. The van der Waals surface area contributed by atoms with Gasteiger partial charge in [0.15, 0.2) is 0 Å². The molecule has 238 valence electrons. The van der Waals surface area contributed by atoms with Crippen molar-refractivity contribution in [3.63, 3.8) is 0 Å². The summed E-state index contributed by atoms with van der Waals surface area (Å²) in [4.78, 5) is 11.9. The second kappa shape index (κ2) is 11.7. The molecule has 0 amide bonds. The molecule has 50 heavy (non-hydrogen) atoms. The molecule has 0 aliphatic carbocycles. The van der Waals surface area contributed by atoms with Crippen molar-refractivity contribution in [2.24, 2.45) is 0 Å². The molecule has 0 radical (unpaired) electrons. The number of hydrogen-bond acceptors (Lipinski definition) is 3. The quantitative estimate of drug-likeness (QED) is 0.176. The van der Waals surface area contributed by atoms with Gasteiger partial charge in [-0.15, -0.1) is 12.6 Å². The van der Waals surface area contributed by atoms with E-state index < -0.39 is 0 Å². The number of hydrogen-bond donors (Lipinski definition) is 0. The number of rotatable bonds is 5. The predicted molar refractivity (Wildman–Crippen MR) is 205 cm³/mol. The Kier molecular flexibility index (Phi) is 6.71. The van der Waals surface area contributed by atoms with Crippen LogP contribution in [0.1, 0.15) is 11.6 Å². The average molecular weight is 643 g/mol. The second-order valence-corrected chi connectivity index (χ2v) is 13.0. The first-order valence-electron chi connectivity index (χ1n) is 17.1. The summed E-state index contributed by atoms with van der Waals surface area (Å²) in [5, 5.41) is 7.63. The lowest BCUT2D eigenvalue weighted by Crippen LogP contribution is -2.30. The highest BCUT2D eigenvalue weighted by atomic mass is 15.2. The van der Waals surface area contributed by atoms with Crippen molar-refractivity contribution in [3.05, 3.63) is 181 Å². The molecule has 0 fully saturated rings. The minimum atomic E-state index is 0.0592. The number of benzene rings is 5. The van der Waals surface area contributed by atoms with Gasteiger partial charge < -0.3 is 14.8 Å². The van der Waals surface area contributed by atoms with Gasteiger partial charge in [0.2, 0.25) is 0 Å². The van der Waals surface area contributed by atoms with Crippen molar-refractivity contribution < 1.29 is 0 Å². The van der Waals surface area contributed by atoms with Crippen LogP contribution in [0.15, 0.2) is 170 Å². The fourth-order valence-corrected chi connectivity index (χ4v) is 7.87. The highest BCUT2D eigenvalue weighted by Gasteiger charge is 2.34. The maximum Gasteiger partial charge on any atom is 0.0702 e. The van der Waals surface area contributed by atoms with Gasteiger partial charge >= 0.3 is 0 Å². The zero-order valence-electron chi connectivity index (χ0n) is 27.3. The average Bonchev–Trinajstić information content (AvgIpc) is 3.71. The Bertz CT molecular complexity index is 2500. The summed E-state index contributed by atoms with van der Waals surface area (Å²) < 4.78 is 2.38. The first-order chi connectivity index (χ1) is 24.8. The summed E-state index contributed by atoms with van der Waals surface area (Å²) in [5.74, 6) is 0. The maximum atomic E-state index is 5.13. The van der Waals surface area contributed by atoms with Crippen molar-refractivity contribution in [3.8, 4) is 39.3 Å². The lowest BCUT2D eigenvalue weighted by Gasteiger charge is -2.39. The van der Waals surface area contributed by atoms with Crippen molar-refractivity contribution in [1.82, 2.24) is 14.5 Å². The Morgan fingerprint density at radius 2 is 1.22 bits per heavy atom. The summed E-state index contributed by atoms with van der Waals surface area (Å²) in [5.41, 5.74) is 13.4. The number of aromatic nitrogens is 3. The SMILES string of the molecule is C1=CC2C([N-]C1)c1ccc(-c3ccc4c5ccccc5n(-c5ccccc5)c4c3)cc1N2c1cc(-c2ccccn2)cc(-c2ccccn2)c1. The zero-order chi connectivity index (χ0) is 33.0. The third kappa shape index (κ3) is 4.66. The monoisotopic (exact) mass is 642 g/mol. The van der Waals surface area contributed by atoms with Gasteiger partial charge in [0.1, 0.15) is 0 Å². The fraction of sp³-hybridized carbons (Fsp3) is 0.0667. The van der Waals surface area contributed by atoms with E-state index in [4.69, 9.17) is 15.3 Å². The maximum absolute atomic E-state index is 5.13. The molecule has 5 heteroatoms. The van der Waals surface area contributed by atoms with Crippen molar-refractivity contribution in [2.45, 2.75) is 12.1 Å². The van der Waals surface area contributed by atoms with E-state index in [1.165, 1.54) is 44.2 Å². The molecule has 2 aliphatic rings. The molecule has 5 heterocycles. The standard InChI is InChI=1S/C45H32N5/c1-2-11-34(12-3-1)49-41-16-5-4-13-36(41)37-20-18-30(28-43(37)49)31-19-21-38-44(29-31)50(42-17-10-24-48-45(38)42)35-26-32(39-14-6-8-22-46-39)25-33(27-35)40-15-7-9-23-47-40/h1-23,25-29,42,45H,24H2/q-1. The summed E-state index contributed by atoms with van der Waals surface area (Å²) >= 11 is 0. The van der Waals surface area contributed by atoms with Crippen LogP contribution >= 0.6 is 0 Å². The first kappa shape index (κ1) is 28.7. The minimum absolute atomic E-state index is 0.0592. The molecule has 8 aromatic rings. The second-order valence-electron chi connectivity index (χ2n) is 13.0. The Morgan fingerprint density at radius 3 is 1.98 bits per heavy atom. The van der Waals surface area contributed by atoms with Crippen LogP contribution in [0.25, 0.3) is 66.5 Å². The molecule has 3 aromatic heterocycles. The van der Waals surface area contributed by atoms with E-state index in [1.807, 2.05) is 36.7 Å². The lowest BCUT2D eigenvalue weighted by molar-refractivity contribution is 0.700. The van der Waals surface area contributed by atoms with Crippen molar-refractivity contribution >= 4 is 33.2 Å². The normalized spacial score (nSPS) is 16.5. The molecule has 5 nitrogen and oxygen atoms in total. The Hall–Kier alpha value is -6.30. The minimum Gasteiger partial charge on any atom is -0.650 e. The van der Waals surface area contributed by atoms with Crippen LogP contribution in [0.3, 0.4) is 0 Å². The van der Waals surface area contributed by atoms with Crippen LogP contribution in [0.2, 0.25) is 0 Å². The number of fused-ring (bicyclic) bond motifs is 6. The number of anilines is 2. The molecule has 5 aromatic carbocycles. The van der Waals surface area contributed by atoms with Crippen LogP contribution in [0.4, 0.5) is 11.4 Å². The molecule has 2 aliphatic heterocycles. The van der Waals surface area contributed by atoms with Gasteiger partial charge in [0.05, 0.1) is 22.4 Å². The molecule has 0 saturated heterocycles. The molecule has 0 bridgehead atoms. The van der Waals surface area contributed by atoms with Gasteiger partial charge in [-0.1, -0.05) is 84.9 Å². The summed E-state index contributed by atoms with van der Waals surface area (Å²) in [6, 6.07) is 52.2. The molecule has 2 atom stereocenters. The van der Waals surface area contributed by atoms with Gasteiger partial charge in [-0.3, -0.25) is 9.97 Å². The van der Waals surface area contributed by atoms with Crippen molar-refractivity contribution in [1.29, 1.82) is 0 Å². The smallest absolute Gasteiger partial charge is 0.0702 e. The van der Waals surface area contributed by atoms with E-state index in [1.54, 1.807) is 0 Å². The largest absolute Gasteiger partial charge is 0.650 e. The van der Waals surface area contributed by atoms with E-state index in [9.17, 15) is 0 Å². The number of nitrogens with zero attached hydrogens (tertiary/aromatic N) is 5. The molecule has 0 spiro atoms. The van der Waals surface area contributed by atoms with E-state index >= 15 is 0 Å². The summed E-state index contributed by atoms with van der Waals surface area (Å²) in [6.07, 6.45) is 8.23. The fourth-order valence-electron chi connectivity index (χ4n) is 7.87. The van der Waals surface area contributed by atoms with E-state index in [0.717, 1.165) is 40.4 Å². The van der Waals surface area contributed by atoms with Crippen molar-refractivity contribution in [2.75, 3.05) is 11.4 Å². The van der Waals surface area contributed by atoms with Crippen LogP contribution in [-0.2, 0) is 0 Å². The van der Waals surface area contributed by atoms with Crippen LogP contribution in [0, 0.1) is 0 Å². The molecule has 10 rings (SSSR count).